The number of aromatic nitrogens is 1. The van der Waals surface area contributed by atoms with Crippen molar-refractivity contribution in [1.29, 1.82) is 0 Å². The minimum atomic E-state index is -0.615. The van der Waals surface area contributed by atoms with Crippen LogP contribution in [0.2, 0.25) is 0 Å². The lowest BCUT2D eigenvalue weighted by molar-refractivity contribution is -0.385. The van der Waals surface area contributed by atoms with Gasteiger partial charge in [0.05, 0.1) is 10.5 Å². The van der Waals surface area contributed by atoms with Gasteiger partial charge in [-0.2, -0.15) is 0 Å². The zero-order chi connectivity index (χ0) is 14.6. The number of hydrogen-bond acceptors (Lipinski definition) is 6. The van der Waals surface area contributed by atoms with Crippen molar-refractivity contribution in [3.05, 3.63) is 27.9 Å². The van der Waals surface area contributed by atoms with Crippen molar-refractivity contribution in [2.75, 3.05) is 0 Å². The molecule has 3 N–H and O–H groups in total. The highest BCUT2D eigenvalue weighted by Gasteiger charge is 2.23. The number of nitrogens with two attached hydrogens (primary N) is 1. The second kappa shape index (κ2) is 5.51. The number of ether oxygens (including phenoxy) is 1. The highest BCUT2D eigenvalue weighted by molar-refractivity contribution is 5.99. The van der Waals surface area contributed by atoms with E-state index in [9.17, 15) is 10.1 Å². The van der Waals surface area contributed by atoms with Crippen molar-refractivity contribution < 1.29 is 14.9 Å². The molecular weight excluding hydrogens is 252 g/mol. The Morgan fingerprint density at radius 3 is 2.79 bits per heavy atom. The predicted octanol–water partition coefficient (Wildman–Crippen LogP) is 1.65. The van der Waals surface area contributed by atoms with Gasteiger partial charge in [0.1, 0.15) is 11.8 Å². The zero-order valence-corrected chi connectivity index (χ0v) is 11.0. The first-order valence-corrected chi connectivity index (χ1v) is 5.62. The van der Waals surface area contributed by atoms with Crippen LogP contribution in [0.15, 0.2) is 17.4 Å². The van der Waals surface area contributed by atoms with Crippen LogP contribution in [0.5, 0.6) is 5.88 Å². The van der Waals surface area contributed by atoms with Crippen molar-refractivity contribution in [2.24, 2.45) is 10.9 Å². The van der Waals surface area contributed by atoms with E-state index in [0.29, 0.717) is 6.42 Å². The Morgan fingerprint density at radius 2 is 2.32 bits per heavy atom. The standard InChI is InChI=1S/C11H16N4O4/c1-4-11(2,3)19-10-8(9(12)14-16)5-7(6-13-10)15(17)18/h5-6,16H,4H2,1-3H3,(H2,12,14). The molecule has 0 saturated heterocycles. The fraction of sp³-hybridized carbons (Fsp3) is 0.455. The average Bonchev–Trinajstić information content (AvgIpc) is 2.37. The molecule has 0 aliphatic heterocycles. The molecule has 8 nitrogen and oxygen atoms in total. The summed E-state index contributed by atoms with van der Waals surface area (Å²) in [5, 5.41) is 22.2. The van der Waals surface area contributed by atoms with E-state index in [-0.39, 0.29) is 23.0 Å². The minimum Gasteiger partial charge on any atom is -0.471 e. The Labute approximate surface area is 110 Å². The number of amidine groups is 1. The molecule has 1 heterocycles. The van der Waals surface area contributed by atoms with Gasteiger partial charge in [0.2, 0.25) is 5.88 Å². The molecule has 0 aromatic carbocycles. The summed E-state index contributed by atoms with van der Waals surface area (Å²) in [6.07, 6.45) is 1.76. The first-order valence-electron chi connectivity index (χ1n) is 5.62. The normalized spacial score (nSPS) is 12.3. The van der Waals surface area contributed by atoms with E-state index < -0.39 is 10.5 Å². The van der Waals surface area contributed by atoms with Crippen molar-refractivity contribution >= 4 is 11.5 Å². The maximum atomic E-state index is 10.7. The van der Waals surface area contributed by atoms with Crippen LogP contribution >= 0.6 is 0 Å². The summed E-state index contributed by atoms with van der Waals surface area (Å²) in [4.78, 5) is 13.9. The second-order valence-corrected chi connectivity index (χ2v) is 4.50. The summed E-state index contributed by atoms with van der Waals surface area (Å²) < 4.78 is 5.63. The van der Waals surface area contributed by atoms with Gasteiger partial charge >= 0.3 is 0 Å². The first-order chi connectivity index (χ1) is 8.80. The van der Waals surface area contributed by atoms with Gasteiger partial charge in [-0.05, 0) is 20.3 Å². The van der Waals surface area contributed by atoms with E-state index in [1.807, 2.05) is 20.8 Å². The molecule has 1 aromatic rings. The second-order valence-electron chi connectivity index (χ2n) is 4.50. The quantitative estimate of drug-likeness (QED) is 0.275. The van der Waals surface area contributed by atoms with Crippen LogP contribution in [-0.4, -0.2) is 26.6 Å². The number of rotatable bonds is 5. The van der Waals surface area contributed by atoms with Crippen molar-refractivity contribution in [3.8, 4) is 5.88 Å². The summed E-state index contributed by atoms with van der Waals surface area (Å²) >= 11 is 0. The molecule has 0 radical (unpaired) electrons. The fourth-order valence-electron chi connectivity index (χ4n) is 1.19. The van der Waals surface area contributed by atoms with E-state index in [1.54, 1.807) is 0 Å². The number of nitrogens with zero attached hydrogens (tertiary/aromatic N) is 3. The van der Waals surface area contributed by atoms with E-state index in [2.05, 4.69) is 10.1 Å². The molecule has 104 valence electrons. The minimum absolute atomic E-state index is 0.0817. The summed E-state index contributed by atoms with van der Waals surface area (Å²) in [7, 11) is 0. The number of nitro groups is 1. The molecule has 0 bridgehead atoms. The fourth-order valence-corrected chi connectivity index (χ4v) is 1.19. The Hall–Kier alpha value is -2.38. The van der Waals surface area contributed by atoms with Crippen LogP contribution in [0.3, 0.4) is 0 Å². The van der Waals surface area contributed by atoms with Crippen LogP contribution in [-0.2, 0) is 0 Å². The lowest BCUT2D eigenvalue weighted by Gasteiger charge is -2.25. The van der Waals surface area contributed by atoms with E-state index in [0.717, 1.165) is 12.3 Å². The summed E-state index contributed by atoms with van der Waals surface area (Å²) in [6, 6.07) is 1.16. The summed E-state index contributed by atoms with van der Waals surface area (Å²) in [6.45, 7) is 5.60. The third kappa shape index (κ3) is 3.54. The van der Waals surface area contributed by atoms with Crippen LogP contribution in [0, 0.1) is 10.1 Å². The lowest BCUT2D eigenvalue weighted by Crippen LogP contribution is -2.29. The third-order valence-corrected chi connectivity index (χ3v) is 2.66. The van der Waals surface area contributed by atoms with E-state index in [4.69, 9.17) is 15.7 Å². The van der Waals surface area contributed by atoms with Gasteiger partial charge in [-0.3, -0.25) is 10.1 Å². The molecule has 0 atom stereocenters. The molecule has 0 saturated carbocycles. The Morgan fingerprint density at radius 1 is 1.68 bits per heavy atom. The average molecular weight is 268 g/mol. The molecule has 0 unspecified atom stereocenters. The number of pyridine rings is 1. The van der Waals surface area contributed by atoms with Crippen LogP contribution in [0.25, 0.3) is 0 Å². The largest absolute Gasteiger partial charge is 0.471 e. The van der Waals surface area contributed by atoms with Gasteiger partial charge in [0, 0.05) is 6.07 Å². The maximum Gasteiger partial charge on any atom is 0.288 e. The molecule has 0 fully saturated rings. The summed E-state index contributed by atoms with van der Waals surface area (Å²) in [5.41, 5.74) is 4.78. The smallest absolute Gasteiger partial charge is 0.288 e. The van der Waals surface area contributed by atoms with E-state index in [1.165, 1.54) is 0 Å². The van der Waals surface area contributed by atoms with Gasteiger partial charge in [0.15, 0.2) is 5.84 Å². The number of oxime groups is 1. The van der Waals surface area contributed by atoms with Crippen LogP contribution < -0.4 is 10.5 Å². The molecule has 19 heavy (non-hydrogen) atoms. The Balaban J connectivity index is 3.28. The van der Waals surface area contributed by atoms with Crippen LogP contribution in [0.4, 0.5) is 5.69 Å². The molecule has 1 rings (SSSR count). The Kier molecular flexibility index (Phi) is 4.26. The molecule has 0 aliphatic carbocycles. The van der Waals surface area contributed by atoms with Crippen molar-refractivity contribution in [1.82, 2.24) is 4.98 Å². The topological polar surface area (TPSA) is 124 Å². The molecule has 8 heteroatoms. The SMILES string of the molecule is CCC(C)(C)Oc1ncc([N+](=O)[O-])cc1C(N)=NO. The van der Waals surface area contributed by atoms with Crippen molar-refractivity contribution in [2.45, 2.75) is 32.8 Å². The van der Waals surface area contributed by atoms with Crippen LogP contribution in [0.1, 0.15) is 32.8 Å². The third-order valence-electron chi connectivity index (χ3n) is 2.66. The molecular formula is C11H16N4O4. The molecule has 0 aliphatic rings. The highest BCUT2D eigenvalue weighted by atomic mass is 16.6. The lowest BCUT2D eigenvalue weighted by atomic mass is 10.1. The van der Waals surface area contributed by atoms with Crippen molar-refractivity contribution in [3.63, 3.8) is 0 Å². The highest BCUT2D eigenvalue weighted by Crippen LogP contribution is 2.25. The van der Waals surface area contributed by atoms with Gasteiger partial charge in [0.25, 0.3) is 5.69 Å². The van der Waals surface area contributed by atoms with Gasteiger partial charge in [-0.25, -0.2) is 4.98 Å². The number of hydrogen-bond donors (Lipinski definition) is 2. The summed E-state index contributed by atoms with van der Waals surface area (Å²) in [5.74, 6) is -0.203. The first kappa shape index (κ1) is 14.7. The molecule has 0 spiro atoms. The predicted molar refractivity (Wildman–Crippen MR) is 68.4 cm³/mol. The maximum absolute atomic E-state index is 10.7. The monoisotopic (exact) mass is 268 g/mol. The molecule has 0 amide bonds. The van der Waals surface area contributed by atoms with Gasteiger partial charge < -0.3 is 15.7 Å². The van der Waals surface area contributed by atoms with Gasteiger partial charge in [-0.1, -0.05) is 12.1 Å². The van der Waals surface area contributed by atoms with Gasteiger partial charge in [-0.15, -0.1) is 0 Å². The van der Waals surface area contributed by atoms with E-state index >= 15 is 0 Å². The Bertz CT molecular complexity index is 513. The molecule has 1 aromatic heterocycles. The zero-order valence-electron chi connectivity index (χ0n) is 11.0.